The van der Waals surface area contributed by atoms with Crippen LogP contribution in [0, 0.1) is 0 Å². The second-order valence-corrected chi connectivity index (χ2v) is 10.5. The van der Waals surface area contributed by atoms with Gasteiger partial charge in [-0.2, -0.15) is 8.42 Å². The summed E-state index contributed by atoms with van der Waals surface area (Å²) < 4.78 is 36.4. The maximum Gasteiger partial charge on any atom is 0.339 e. The molecule has 0 atom stereocenters. The number of halogens is 3. The summed E-state index contributed by atoms with van der Waals surface area (Å²) in [7, 11) is -2.81. The van der Waals surface area contributed by atoms with E-state index < -0.39 is 10.1 Å². The number of hydrogen-bond donors (Lipinski definition) is 0. The molecule has 0 bridgehead atoms. The molecule has 1 fully saturated rings. The molecule has 0 heterocycles. The fraction of sp³-hybridized carbons (Fsp3) is 0.208. The smallest absolute Gasteiger partial charge is 0.339 e. The van der Waals surface area contributed by atoms with Crippen molar-refractivity contribution in [3.05, 3.63) is 86.9 Å². The maximum absolute atomic E-state index is 13.2. The number of hydrogen-bond acceptors (Lipinski definition) is 5. The molecule has 1 amide bonds. The number of amides is 1. The van der Waals surface area contributed by atoms with Crippen molar-refractivity contribution in [2.45, 2.75) is 30.3 Å². The van der Waals surface area contributed by atoms with E-state index in [9.17, 15) is 13.2 Å². The van der Waals surface area contributed by atoms with Gasteiger partial charge in [0.1, 0.15) is 4.90 Å². The summed E-state index contributed by atoms with van der Waals surface area (Å²) in [6.45, 7) is 0.252. The van der Waals surface area contributed by atoms with Crippen molar-refractivity contribution in [1.29, 1.82) is 0 Å². The predicted octanol–water partition coefficient (Wildman–Crippen LogP) is 6.23. The fourth-order valence-corrected chi connectivity index (χ4v) is 4.96. The van der Waals surface area contributed by atoms with Crippen LogP contribution in [0.3, 0.4) is 0 Å². The van der Waals surface area contributed by atoms with Gasteiger partial charge in [0.2, 0.25) is 0 Å². The molecule has 1 aliphatic rings. The molecular formula is C24H20Cl3NO5S. The maximum atomic E-state index is 13.2. The van der Waals surface area contributed by atoms with Gasteiger partial charge in [-0.15, -0.1) is 0 Å². The molecule has 3 aromatic carbocycles. The van der Waals surface area contributed by atoms with E-state index in [1.807, 2.05) is 0 Å². The Bertz CT molecular complexity index is 1340. The van der Waals surface area contributed by atoms with Gasteiger partial charge in [-0.05, 0) is 60.9 Å². The molecular weight excluding hydrogens is 521 g/mol. The number of carbonyl (C=O) groups is 1. The van der Waals surface area contributed by atoms with Crippen LogP contribution in [0.1, 0.15) is 28.8 Å². The summed E-state index contributed by atoms with van der Waals surface area (Å²) in [5, 5.41) is 0.693. The summed E-state index contributed by atoms with van der Waals surface area (Å²) in [6, 6.07) is 15.8. The lowest BCUT2D eigenvalue weighted by Gasteiger charge is -2.23. The van der Waals surface area contributed by atoms with Gasteiger partial charge in [-0.25, -0.2) is 0 Å². The first-order valence-electron chi connectivity index (χ1n) is 10.3. The van der Waals surface area contributed by atoms with Gasteiger partial charge in [0.25, 0.3) is 5.91 Å². The van der Waals surface area contributed by atoms with E-state index in [2.05, 4.69) is 0 Å². The average Bonchev–Trinajstić information content (AvgIpc) is 3.64. The molecule has 178 valence electrons. The number of carbonyl (C=O) groups excluding carboxylic acids is 1. The highest BCUT2D eigenvalue weighted by molar-refractivity contribution is 7.87. The van der Waals surface area contributed by atoms with Crippen LogP contribution in [-0.2, 0) is 16.7 Å². The van der Waals surface area contributed by atoms with E-state index in [-0.39, 0.29) is 44.9 Å². The Morgan fingerprint density at radius 3 is 2.32 bits per heavy atom. The van der Waals surface area contributed by atoms with Gasteiger partial charge in [-0.1, -0.05) is 53.0 Å². The molecule has 3 aromatic rings. The number of benzene rings is 3. The molecule has 1 saturated carbocycles. The van der Waals surface area contributed by atoms with Crippen LogP contribution in [0.15, 0.2) is 65.6 Å². The Balaban J connectivity index is 1.62. The minimum Gasteiger partial charge on any atom is -0.493 e. The quantitative estimate of drug-likeness (QED) is 0.317. The number of nitrogens with zero attached hydrogens (tertiary/aromatic N) is 1. The van der Waals surface area contributed by atoms with Crippen LogP contribution in [0.4, 0.5) is 0 Å². The summed E-state index contributed by atoms with van der Waals surface area (Å²) >= 11 is 18.1. The lowest BCUT2D eigenvalue weighted by molar-refractivity contribution is 0.0730. The van der Waals surface area contributed by atoms with Gasteiger partial charge < -0.3 is 13.8 Å². The standard InChI is InChI=1S/C24H20Cl3NO5S/c1-32-22-11-6-15(12-23(22)33-34(30,31)17-9-10-20(26)21(27)13-17)14-28(16-7-8-16)24(29)18-4-2-3-5-19(18)25/h2-6,9-13,16H,7-8,14H2,1H3. The van der Waals surface area contributed by atoms with Crippen LogP contribution in [0.2, 0.25) is 15.1 Å². The van der Waals surface area contributed by atoms with E-state index in [0.717, 1.165) is 12.8 Å². The van der Waals surface area contributed by atoms with Crippen LogP contribution in [-0.4, -0.2) is 32.4 Å². The van der Waals surface area contributed by atoms with Crippen molar-refractivity contribution >= 4 is 50.8 Å². The Morgan fingerprint density at radius 1 is 0.941 bits per heavy atom. The summed E-state index contributed by atoms with van der Waals surface area (Å²) in [5.41, 5.74) is 1.09. The third-order valence-corrected chi connectivity index (χ3v) is 7.61. The first-order chi connectivity index (χ1) is 16.2. The van der Waals surface area contributed by atoms with Crippen molar-refractivity contribution in [1.82, 2.24) is 4.90 Å². The van der Waals surface area contributed by atoms with Crippen molar-refractivity contribution in [2.24, 2.45) is 0 Å². The minimum absolute atomic E-state index is 0.00740. The molecule has 0 aromatic heterocycles. The lowest BCUT2D eigenvalue weighted by Crippen LogP contribution is -2.32. The Kier molecular flexibility index (Phi) is 7.28. The minimum atomic E-state index is -4.22. The topological polar surface area (TPSA) is 72.9 Å². The zero-order chi connectivity index (χ0) is 24.5. The second-order valence-electron chi connectivity index (χ2n) is 7.74. The number of rotatable bonds is 8. The molecule has 1 aliphatic carbocycles. The van der Waals surface area contributed by atoms with Crippen molar-refractivity contribution in [2.75, 3.05) is 7.11 Å². The molecule has 4 rings (SSSR count). The molecule has 0 N–H and O–H groups in total. The van der Waals surface area contributed by atoms with Gasteiger partial charge >= 0.3 is 10.1 Å². The SMILES string of the molecule is COc1ccc(CN(C(=O)c2ccccc2Cl)C2CC2)cc1OS(=O)(=O)c1ccc(Cl)c(Cl)c1. The van der Waals surface area contributed by atoms with Crippen LogP contribution in [0.25, 0.3) is 0 Å². The highest BCUT2D eigenvalue weighted by Crippen LogP contribution is 2.35. The van der Waals surface area contributed by atoms with E-state index in [4.69, 9.17) is 43.7 Å². The molecule has 10 heteroatoms. The molecule has 0 unspecified atom stereocenters. The monoisotopic (exact) mass is 539 g/mol. The molecule has 0 radical (unpaired) electrons. The van der Waals surface area contributed by atoms with Gasteiger partial charge in [0.05, 0.1) is 27.7 Å². The third kappa shape index (κ3) is 5.44. The summed E-state index contributed by atoms with van der Waals surface area (Å²) in [4.78, 5) is 14.8. The summed E-state index contributed by atoms with van der Waals surface area (Å²) in [5.74, 6) is 0.0320. The fourth-order valence-electron chi connectivity index (χ4n) is 3.42. The molecule has 0 aliphatic heterocycles. The number of ether oxygens (including phenoxy) is 1. The first-order valence-corrected chi connectivity index (χ1v) is 12.9. The molecule has 6 nitrogen and oxygen atoms in total. The highest BCUT2D eigenvalue weighted by Gasteiger charge is 2.34. The molecule has 0 saturated heterocycles. The van der Waals surface area contributed by atoms with E-state index in [1.54, 1.807) is 47.4 Å². The zero-order valence-electron chi connectivity index (χ0n) is 18.0. The van der Waals surface area contributed by atoms with Crippen LogP contribution < -0.4 is 8.92 Å². The zero-order valence-corrected chi connectivity index (χ0v) is 21.1. The second kappa shape index (κ2) is 10.0. The van der Waals surface area contributed by atoms with Gasteiger partial charge in [0, 0.05) is 12.6 Å². The van der Waals surface area contributed by atoms with E-state index >= 15 is 0 Å². The molecule has 34 heavy (non-hydrogen) atoms. The largest absolute Gasteiger partial charge is 0.493 e. The predicted molar refractivity (Wildman–Crippen MR) is 132 cm³/mol. The normalized spacial score (nSPS) is 13.4. The molecule has 0 spiro atoms. The van der Waals surface area contributed by atoms with Crippen molar-refractivity contribution in [3.8, 4) is 11.5 Å². The Labute approximate surface area is 213 Å². The van der Waals surface area contributed by atoms with E-state index in [0.29, 0.717) is 16.1 Å². The first kappa shape index (κ1) is 24.7. The van der Waals surface area contributed by atoms with Gasteiger partial charge in [-0.3, -0.25) is 4.79 Å². The van der Waals surface area contributed by atoms with Crippen molar-refractivity contribution < 1.29 is 22.1 Å². The van der Waals surface area contributed by atoms with Crippen LogP contribution in [0.5, 0.6) is 11.5 Å². The third-order valence-electron chi connectivity index (χ3n) is 5.31. The average molecular weight is 541 g/mol. The lowest BCUT2D eigenvalue weighted by atomic mass is 10.1. The van der Waals surface area contributed by atoms with Crippen molar-refractivity contribution in [3.63, 3.8) is 0 Å². The van der Waals surface area contributed by atoms with E-state index in [1.165, 1.54) is 25.3 Å². The highest BCUT2D eigenvalue weighted by atomic mass is 35.5. The van der Waals surface area contributed by atoms with Crippen LogP contribution >= 0.6 is 34.8 Å². The Morgan fingerprint density at radius 2 is 1.68 bits per heavy atom. The number of methoxy groups -OCH3 is 1. The Hall–Kier alpha value is -2.45. The summed E-state index contributed by atoms with van der Waals surface area (Å²) in [6.07, 6.45) is 1.78. The van der Waals surface area contributed by atoms with Gasteiger partial charge in [0.15, 0.2) is 11.5 Å².